The molecule has 0 bridgehead atoms. The summed E-state index contributed by atoms with van der Waals surface area (Å²) in [4.78, 5) is 0. The standard InChI is InChI=1S/C17H19F2N/c1-11(2)13-7-9-14(10-8-13)20-12(3)15-5-4-6-16(18)17(15)19/h4-12,20H,1-3H3. The highest BCUT2D eigenvalue weighted by Gasteiger charge is 2.14. The Balaban J connectivity index is 2.15. The van der Waals surface area contributed by atoms with E-state index in [9.17, 15) is 8.78 Å². The van der Waals surface area contributed by atoms with Crippen LogP contribution >= 0.6 is 0 Å². The minimum Gasteiger partial charge on any atom is -0.378 e. The Hall–Kier alpha value is -1.90. The van der Waals surface area contributed by atoms with Gasteiger partial charge in [0.05, 0.1) is 6.04 Å². The summed E-state index contributed by atoms with van der Waals surface area (Å²) >= 11 is 0. The molecular formula is C17H19F2N. The minimum absolute atomic E-state index is 0.296. The van der Waals surface area contributed by atoms with Crippen LogP contribution in [-0.4, -0.2) is 0 Å². The predicted molar refractivity (Wildman–Crippen MR) is 78.9 cm³/mol. The molecule has 0 heterocycles. The highest BCUT2D eigenvalue weighted by molar-refractivity contribution is 5.47. The van der Waals surface area contributed by atoms with Crippen molar-refractivity contribution in [1.82, 2.24) is 0 Å². The zero-order valence-corrected chi connectivity index (χ0v) is 12.0. The van der Waals surface area contributed by atoms with Crippen molar-refractivity contribution in [2.24, 2.45) is 0 Å². The van der Waals surface area contributed by atoms with E-state index in [1.165, 1.54) is 11.6 Å². The summed E-state index contributed by atoms with van der Waals surface area (Å²) in [5, 5.41) is 3.19. The number of benzene rings is 2. The maximum Gasteiger partial charge on any atom is 0.164 e. The summed E-state index contributed by atoms with van der Waals surface area (Å²) in [7, 11) is 0. The fourth-order valence-electron chi connectivity index (χ4n) is 2.15. The first-order valence-electron chi connectivity index (χ1n) is 6.79. The molecule has 0 fully saturated rings. The third-order valence-electron chi connectivity index (χ3n) is 3.41. The van der Waals surface area contributed by atoms with Gasteiger partial charge in [-0.1, -0.05) is 38.1 Å². The molecule has 2 aromatic rings. The van der Waals surface area contributed by atoms with Crippen LogP contribution < -0.4 is 5.32 Å². The molecule has 1 nitrogen and oxygen atoms in total. The van der Waals surface area contributed by atoms with Crippen molar-refractivity contribution in [1.29, 1.82) is 0 Å². The molecule has 2 aromatic carbocycles. The predicted octanol–water partition coefficient (Wildman–Crippen LogP) is 5.26. The lowest BCUT2D eigenvalue weighted by molar-refractivity contribution is 0.494. The van der Waals surface area contributed by atoms with E-state index in [-0.39, 0.29) is 6.04 Å². The van der Waals surface area contributed by atoms with Gasteiger partial charge in [-0.25, -0.2) is 8.78 Å². The highest BCUT2D eigenvalue weighted by Crippen LogP contribution is 2.24. The molecule has 0 spiro atoms. The smallest absolute Gasteiger partial charge is 0.164 e. The van der Waals surface area contributed by atoms with Crippen LogP contribution in [0.4, 0.5) is 14.5 Å². The first kappa shape index (κ1) is 14.5. The van der Waals surface area contributed by atoms with Gasteiger partial charge in [0.1, 0.15) is 0 Å². The number of anilines is 1. The Morgan fingerprint density at radius 3 is 2.15 bits per heavy atom. The third kappa shape index (κ3) is 3.16. The van der Waals surface area contributed by atoms with E-state index in [1.807, 2.05) is 31.2 Å². The number of nitrogens with one attached hydrogen (secondary N) is 1. The van der Waals surface area contributed by atoms with E-state index in [0.717, 1.165) is 11.8 Å². The van der Waals surface area contributed by atoms with E-state index >= 15 is 0 Å². The molecule has 0 saturated heterocycles. The van der Waals surface area contributed by atoms with Crippen LogP contribution in [-0.2, 0) is 0 Å². The molecule has 20 heavy (non-hydrogen) atoms. The molecule has 0 aliphatic heterocycles. The monoisotopic (exact) mass is 275 g/mol. The Morgan fingerprint density at radius 2 is 1.55 bits per heavy atom. The summed E-state index contributed by atoms with van der Waals surface area (Å²) in [5.41, 5.74) is 2.48. The fourth-order valence-corrected chi connectivity index (χ4v) is 2.15. The van der Waals surface area contributed by atoms with Gasteiger partial charge in [-0.15, -0.1) is 0 Å². The normalized spacial score (nSPS) is 12.5. The van der Waals surface area contributed by atoms with Crippen LogP contribution in [0.3, 0.4) is 0 Å². The topological polar surface area (TPSA) is 12.0 Å². The lowest BCUT2D eigenvalue weighted by Gasteiger charge is -2.17. The van der Waals surface area contributed by atoms with Gasteiger partial charge in [0.2, 0.25) is 0 Å². The first-order valence-corrected chi connectivity index (χ1v) is 6.79. The van der Waals surface area contributed by atoms with Gasteiger partial charge in [0, 0.05) is 11.3 Å². The Morgan fingerprint density at radius 1 is 0.900 bits per heavy atom. The van der Waals surface area contributed by atoms with E-state index in [4.69, 9.17) is 0 Å². The minimum atomic E-state index is -0.814. The molecule has 106 valence electrons. The quantitative estimate of drug-likeness (QED) is 0.802. The molecule has 1 N–H and O–H groups in total. The summed E-state index contributed by atoms with van der Waals surface area (Å²) < 4.78 is 26.9. The van der Waals surface area contributed by atoms with Gasteiger partial charge in [-0.2, -0.15) is 0 Å². The van der Waals surface area contributed by atoms with Crippen LogP contribution in [0.15, 0.2) is 42.5 Å². The van der Waals surface area contributed by atoms with E-state index in [2.05, 4.69) is 19.2 Å². The van der Waals surface area contributed by atoms with Gasteiger partial charge in [0.15, 0.2) is 11.6 Å². The third-order valence-corrected chi connectivity index (χ3v) is 3.41. The largest absolute Gasteiger partial charge is 0.378 e. The maximum absolute atomic E-state index is 13.7. The van der Waals surface area contributed by atoms with Crippen LogP contribution in [0.2, 0.25) is 0 Å². The number of rotatable bonds is 4. The molecule has 0 aromatic heterocycles. The second kappa shape index (κ2) is 6.04. The van der Waals surface area contributed by atoms with Gasteiger partial charge in [-0.3, -0.25) is 0 Å². The lowest BCUT2D eigenvalue weighted by Crippen LogP contribution is -2.09. The van der Waals surface area contributed by atoms with Crippen molar-refractivity contribution < 1.29 is 8.78 Å². The zero-order chi connectivity index (χ0) is 14.7. The van der Waals surface area contributed by atoms with Crippen LogP contribution in [0, 0.1) is 11.6 Å². The number of hydrogen-bond acceptors (Lipinski definition) is 1. The van der Waals surface area contributed by atoms with Gasteiger partial charge in [0.25, 0.3) is 0 Å². The first-order chi connectivity index (χ1) is 9.49. The molecule has 3 heteroatoms. The average Bonchev–Trinajstić information content (AvgIpc) is 2.42. The maximum atomic E-state index is 13.7. The Kier molecular flexibility index (Phi) is 4.38. The van der Waals surface area contributed by atoms with Crippen molar-refractivity contribution in [3.63, 3.8) is 0 Å². The molecule has 0 aliphatic carbocycles. The average molecular weight is 275 g/mol. The lowest BCUT2D eigenvalue weighted by atomic mass is 10.0. The molecule has 2 rings (SSSR count). The van der Waals surface area contributed by atoms with E-state index in [0.29, 0.717) is 11.5 Å². The van der Waals surface area contributed by atoms with Crippen LogP contribution in [0.5, 0.6) is 0 Å². The molecule has 0 saturated carbocycles. The Bertz CT molecular complexity index is 576. The van der Waals surface area contributed by atoms with Gasteiger partial charge >= 0.3 is 0 Å². The Labute approximate surface area is 118 Å². The van der Waals surface area contributed by atoms with Gasteiger partial charge < -0.3 is 5.32 Å². The second-order valence-electron chi connectivity index (χ2n) is 5.29. The molecule has 1 unspecified atom stereocenters. The van der Waals surface area contributed by atoms with Crippen molar-refractivity contribution in [2.45, 2.75) is 32.7 Å². The molecule has 1 atom stereocenters. The second-order valence-corrected chi connectivity index (χ2v) is 5.29. The van der Waals surface area contributed by atoms with Crippen molar-refractivity contribution in [2.75, 3.05) is 5.32 Å². The highest BCUT2D eigenvalue weighted by atomic mass is 19.2. The molecule has 0 aliphatic rings. The SMILES string of the molecule is CC(C)c1ccc(NC(C)c2cccc(F)c2F)cc1. The number of halogens is 2. The zero-order valence-electron chi connectivity index (χ0n) is 12.0. The summed E-state index contributed by atoms with van der Waals surface area (Å²) in [6.45, 7) is 6.08. The molecule has 0 radical (unpaired) electrons. The summed E-state index contributed by atoms with van der Waals surface area (Å²) in [5.74, 6) is -1.13. The van der Waals surface area contributed by atoms with Gasteiger partial charge in [-0.05, 0) is 36.6 Å². The van der Waals surface area contributed by atoms with E-state index in [1.54, 1.807) is 6.07 Å². The van der Waals surface area contributed by atoms with E-state index < -0.39 is 11.6 Å². The fraction of sp³-hybridized carbons (Fsp3) is 0.294. The molecule has 0 amide bonds. The van der Waals surface area contributed by atoms with Crippen LogP contribution in [0.1, 0.15) is 43.9 Å². The van der Waals surface area contributed by atoms with Crippen LogP contribution in [0.25, 0.3) is 0 Å². The van der Waals surface area contributed by atoms with Crippen molar-refractivity contribution >= 4 is 5.69 Å². The van der Waals surface area contributed by atoms with Crippen molar-refractivity contribution in [3.8, 4) is 0 Å². The molecular weight excluding hydrogens is 256 g/mol. The summed E-state index contributed by atoms with van der Waals surface area (Å²) in [6, 6.07) is 12.0. The van der Waals surface area contributed by atoms with Crippen molar-refractivity contribution in [3.05, 3.63) is 65.2 Å². The summed E-state index contributed by atoms with van der Waals surface area (Å²) in [6.07, 6.45) is 0. The number of hydrogen-bond donors (Lipinski definition) is 1.